The van der Waals surface area contributed by atoms with Crippen LogP contribution in [0, 0.1) is 0 Å². The van der Waals surface area contributed by atoms with Gasteiger partial charge in [0.05, 0.1) is 17.1 Å². The number of aromatic amines is 1. The molecule has 3 rings (SSSR count). The zero-order valence-corrected chi connectivity index (χ0v) is 14.3. The van der Waals surface area contributed by atoms with Crippen LogP contribution in [-0.4, -0.2) is 22.2 Å². The van der Waals surface area contributed by atoms with Gasteiger partial charge in [0.25, 0.3) is 11.5 Å². The first kappa shape index (κ1) is 17.4. The number of nitrogen functional groups attached to an aromatic ring is 2. The summed E-state index contributed by atoms with van der Waals surface area (Å²) in [5.74, 6) is 5.30. The van der Waals surface area contributed by atoms with Crippen molar-refractivity contribution in [3.05, 3.63) is 52.3 Å². The molecule has 0 spiro atoms. The number of carbonyl (C=O) groups is 1. The zero-order chi connectivity index (χ0) is 18.8. The molecular weight excluding hydrogens is 334 g/mol. The third-order valence-corrected chi connectivity index (χ3v) is 4.03. The molecule has 136 valence electrons. The number of nitrogens with one attached hydrogen (secondary N) is 4. The third kappa shape index (κ3) is 2.95. The molecular formula is C17H21N7O2. The number of hydrogen-bond acceptors (Lipinski definition) is 6. The monoisotopic (exact) mass is 355 g/mol. The maximum atomic E-state index is 12.4. The smallest absolute Gasteiger partial charge is 0.279 e. The van der Waals surface area contributed by atoms with E-state index in [-0.39, 0.29) is 5.56 Å². The van der Waals surface area contributed by atoms with Gasteiger partial charge >= 0.3 is 0 Å². The lowest BCUT2D eigenvalue weighted by Gasteiger charge is -2.21. The van der Waals surface area contributed by atoms with Crippen LogP contribution < -0.4 is 33.2 Å². The molecule has 0 unspecified atom stereocenters. The number of allylic oxidation sites excluding steroid dienone is 2. The molecule has 0 aliphatic carbocycles. The van der Waals surface area contributed by atoms with Crippen LogP contribution in [0.5, 0.6) is 0 Å². The van der Waals surface area contributed by atoms with Crippen molar-refractivity contribution in [3.8, 4) is 0 Å². The number of hydrazine groups is 1. The van der Waals surface area contributed by atoms with Crippen molar-refractivity contribution in [2.24, 2.45) is 5.84 Å². The van der Waals surface area contributed by atoms with Crippen molar-refractivity contribution < 1.29 is 4.79 Å². The summed E-state index contributed by atoms with van der Waals surface area (Å²) < 4.78 is 1.45. The Morgan fingerprint density at radius 2 is 2.15 bits per heavy atom. The SMILES string of the molecule is C=C1C=C(c2ccc(NN)c(N)c2)Nc2c(C(=O)NCCC)c(=O)[nH]n21. The fourth-order valence-electron chi connectivity index (χ4n) is 2.72. The Balaban J connectivity index is 2.00. The van der Waals surface area contributed by atoms with Gasteiger partial charge < -0.3 is 21.8 Å². The lowest BCUT2D eigenvalue weighted by atomic mass is 10.1. The average molecular weight is 355 g/mol. The highest BCUT2D eigenvalue weighted by molar-refractivity contribution is 6.02. The molecule has 1 aromatic carbocycles. The number of anilines is 3. The highest BCUT2D eigenvalue weighted by Crippen LogP contribution is 2.31. The molecule has 8 N–H and O–H groups in total. The Hall–Kier alpha value is -3.46. The molecule has 0 fully saturated rings. The maximum absolute atomic E-state index is 12.4. The highest BCUT2D eigenvalue weighted by atomic mass is 16.2. The summed E-state index contributed by atoms with van der Waals surface area (Å²) in [5, 5.41) is 8.45. The molecule has 1 aliphatic heterocycles. The number of benzene rings is 1. The predicted octanol–water partition coefficient (Wildman–Crippen LogP) is 1.12. The minimum Gasteiger partial charge on any atom is -0.397 e. The summed E-state index contributed by atoms with van der Waals surface area (Å²) in [7, 11) is 0. The average Bonchev–Trinajstić information content (AvgIpc) is 2.96. The van der Waals surface area contributed by atoms with E-state index in [9.17, 15) is 9.59 Å². The van der Waals surface area contributed by atoms with E-state index in [1.807, 2.05) is 13.0 Å². The van der Waals surface area contributed by atoms with Gasteiger partial charge in [-0.05, 0) is 24.6 Å². The van der Waals surface area contributed by atoms with Crippen LogP contribution in [0.1, 0.15) is 29.3 Å². The van der Waals surface area contributed by atoms with Crippen LogP contribution in [-0.2, 0) is 0 Å². The van der Waals surface area contributed by atoms with Gasteiger partial charge in [-0.2, -0.15) is 0 Å². The summed E-state index contributed by atoms with van der Waals surface area (Å²) >= 11 is 0. The second-order valence-corrected chi connectivity index (χ2v) is 5.88. The second-order valence-electron chi connectivity index (χ2n) is 5.88. The summed E-state index contributed by atoms with van der Waals surface area (Å²) in [6.07, 6.45) is 2.52. The van der Waals surface area contributed by atoms with E-state index in [1.54, 1.807) is 18.2 Å². The number of rotatable bonds is 5. The van der Waals surface area contributed by atoms with Crippen LogP contribution >= 0.6 is 0 Å². The predicted molar refractivity (Wildman–Crippen MR) is 103 cm³/mol. The van der Waals surface area contributed by atoms with Crippen LogP contribution in [0.25, 0.3) is 11.4 Å². The van der Waals surface area contributed by atoms with E-state index in [0.29, 0.717) is 35.1 Å². The number of amides is 1. The van der Waals surface area contributed by atoms with Crippen molar-refractivity contribution in [1.82, 2.24) is 15.1 Å². The standard InChI is InChI=1S/C17H21N7O2/c1-3-6-20-16(25)14-15-21-13(7-9(2)24(15)23-17(14)26)10-4-5-12(22-19)11(18)8-10/h4-5,7-8,21-22H,2-3,6,18-19H2,1H3,(H,20,25)(H,23,26). The van der Waals surface area contributed by atoms with Crippen LogP contribution in [0.2, 0.25) is 0 Å². The first-order chi connectivity index (χ1) is 12.5. The van der Waals surface area contributed by atoms with E-state index in [0.717, 1.165) is 12.0 Å². The summed E-state index contributed by atoms with van der Waals surface area (Å²) in [5.41, 5.74) is 11.0. The van der Waals surface area contributed by atoms with E-state index in [4.69, 9.17) is 11.6 Å². The van der Waals surface area contributed by atoms with Crippen LogP contribution in [0.3, 0.4) is 0 Å². The van der Waals surface area contributed by atoms with E-state index >= 15 is 0 Å². The number of H-pyrrole nitrogens is 1. The topological polar surface area (TPSA) is 143 Å². The van der Waals surface area contributed by atoms with Crippen LogP contribution in [0.15, 0.2) is 35.6 Å². The number of hydrogen-bond donors (Lipinski definition) is 6. The van der Waals surface area contributed by atoms with E-state index in [2.05, 4.69) is 27.7 Å². The molecule has 0 saturated carbocycles. The Morgan fingerprint density at radius 1 is 1.38 bits per heavy atom. The second kappa shape index (κ2) is 6.81. The minimum absolute atomic E-state index is 0.0124. The fourth-order valence-corrected chi connectivity index (χ4v) is 2.72. The normalized spacial score (nSPS) is 12.8. The molecule has 9 nitrogen and oxygen atoms in total. The first-order valence-corrected chi connectivity index (χ1v) is 8.14. The Bertz CT molecular complexity index is 968. The van der Waals surface area contributed by atoms with Gasteiger partial charge in [0.1, 0.15) is 11.4 Å². The summed E-state index contributed by atoms with van der Waals surface area (Å²) in [6.45, 7) is 6.36. The molecule has 2 heterocycles. The van der Waals surface area contributed by atoms with Crippen molar-refractivity contribution in [1.29, 1.82) is 0 Å². The molecule has 0 saturated heterocycles. The lowest BCUT2D eigenvalue weighted by Crippen LogP contribution is -2.29. The number of carbonyl (C=O) groups excluding carboxylic acids is 1. The number of aromatic nitrogens is 2. The first-order valence-electron chi connectivity index (χ1n) is 8.14. The molecule has 1 aromatic heterocycles. The van der Waals surface area contributed by atoms with Gasteiger partial charge in [-0.3, -0.25) is 20.5 Å². The molecule has 26 heavy (non-hydrogen) atoms. The molecule has 1 amide bonds. The van der Waals surface area contributed by atoms with E-state index < -0.39 is 11.5 Å². The molecule has 0 bridgehead atoms. The van der Waals surface area contributed by atoms with Gasteiger partial charge in [-0.1, -0.05) is 19.6 Å². The zero-order valence-electron chi connectivity index (χ0n) is 14.3. The third-order valence-electron chi connectivity index (χ3n) is 4.03. The number of fused-ring (bicyclic) bond motifs is 1. The van der Waals surface area contributed by atoms with Gasteiger partial charge in [0, 0.05) is 17.8 Å². The Morgan fingerprint density at radius 3 is 2.81 bits per heavy atom. The van der Waals surface area contributed by atoms with Gasteiger partial charge in [-0.15, -0.1) is 0 Å². The van der Waals surface area contributed by atoms with Crippen molar-refractivity contribution in [3.63, 3.8) is 0 Å². The van der Waals surface area contributed by atoms with Gasteiger partial charge in [0.15, 0.2) is 0 Å². The maximum Gasteiger partial charge on any atom is 0.279 e. The fraction of sp³-hybridized carbons (Fsp3) is 0.176. The Kier molecular flexibility index (Phi) is 4.55. The lowest BCUT2D eigenvalue weighted by molar-refractivity contribution is 0.0953. The number of nitrogens with zero attached hydrogens (tertiary/aromatic N) is 1. The molecule has 0 atom stereocenters. The molecule has 9 heteroatoms. The van der Waals surface area contributed by atoms with Crippen molar-refractivity contribution >= 4 is 34.5 Å². The van der Waals surface area contributed by atoms with Crippen molar-refractivity contribution in [2.45, 2.75) is 13.3 Å². The Labute approximate surface area is 149 Å². The minimum atomic E-state index is -0.487. The van der Waals surface area contributed by atoms with Crippen LogP contribution in [0.4, 0.5) is 17.2 Å². The van der Waals surface area contributed by atoms with Gasteiger partial charge in [-0.25, -0.2) is 4.68 Å². The quantitative estimate of drug-likeness (QED) is 0.269. The van der Waals surface area contributed by atoms with Gasteiger partial charge in [0.2, 0.25) is 0 Å². The summed E-state index contributed by atoms with van der Waals surface area (Å²) in [4.78, 5) is 24.6. The molecule has 1 aliphatic rings. The summed E-state index contributed by atoms with van der Waals surface area (Å²) in [6, 6.07) is 5.29. The van der Waals surface area contributed by atoms with E-state index in [1.165, 1.54) is 4.68 Å². The molecule has 2 aromatic rings. The number of nitrogens with two attached hydrogens (primary N) is 2. The largest absolute Gasteiger partial charge is 0.397 e. The molecule has 0 radical (unpaired) electrons. The highest BCUT2D eigenvalue weighted by Gasteiger charge is 2.26. The van der Waals surface area contributed by atoms with Crippen molar-refractivity contribution in [2.75, 3.05) is 23.0 Å².